The van der Waals surface area contributed by atoms with E-state index < -0.39 is 11.9 Å². The number of nitrogens with one attached hydrogen (secondary N) is 2. The normalized spacial score (nSPS) is 10.1. The van der Waals surface area contributed by atoms with E-state index in [1.807, 2.05) is 30.5 Å². The largest absolute Gasteiger partial charge is 0.460 e. The third-order valence-corrected chi connectivity index (χ3v) is 4.76. The molecule has 1 aromatic carbocycles. The van der Waals surface area contributed by atoms with Gasteiger partial charge in [-0.15, -0.1) is 23.1 Å². The first-order valence-corrected chi connectivity index (χ1v) is 9.56. The lowest BCUT2D eigenvalue weighted by atomic mass is 10.2. The number of amides is 2. The Kier molecular flexibility index (Phi) is 7.49. The molecule has 132 valence electrons. The molecule has 25 heavy (non-hydrogen) atoms. The molecule has 0 atom stereocenters. The van der Waals surface area contributed by atoms with E-state index in [0.717, 1.165) is 10.5 Å². The molecule has 0 unspecified atom stereocenters. The molecule has 0 fully saturated rings. The Morgan fingerprint density at radius 3 is 2.48 bits per heavy atom. The summed E-state index contributed by atoms with van der Waals surface area (Å²) in [6.45, 7) is -0.283. The van der Waals surface area contributed by atoms with Crippen molar-refractivity contribution in [2.45, 2.75) is 11.5 Å². The van der Waals surface area contributed by atoms with E-state index in [1.54, 1.807) is 29.3 Å². The summed E-state index contributed by atoms with van der Waals surface area (Å²) >= 11 is 2.92. The number of carbonyl (C=O) groups is 3. The molecule has 2 rings (SSSR count). The van der Waals surface area contributed by atoms with Crippen molar-refractivity contribution in [1.82, 2.24) is 10.6 Å². The lowest BCUT2D eigenvalue weighted by Gasteiger charge is -2.07. The molecule has 2 N–H and O–H groups in total. The van der Waals surface area contributed by atoms with Crippen molar-refractivity contribution in [3.05, 3.63) is 52.2 Å². The molecule has 6 nitrogen and oxygen atoms in total. The molecule has 0 bridgehead atoms. The first-order valence-electron chi connectivity index (χ1n) is 7.45. The molecule has 1 aromatic heterocycles. The standard InChI is InChI=1S/C17H18N2O4S2/c1-24-13-6-4-12(5-7-13)11-23-16(21)10-18-15(20)9-19-17(22)14-3-2-8-25-14/h2-8H,9-11H2,1H3,(H,18,20)(H,19,22). The second-order valence-electron chi connectivity index (χ2n) is 4.95. The van der Waals surface area contributed by atoms with Gasteiger partial charge in [0.1, 0.15) is 13.2 Å². The minimum absolute atomic E-state index is 0.151. The molecule has 0 aliphatic rings. The number of rotatable bonds is 8. The van der Waals surface area contributed by atoms with Crippen molar-refractivity contribution in [3.63, 3.8) is 0 Å². The maximum Gasteiger partial charge on any atom is 0.325 e. The predicted octanol–water partition coefficient (Wildman–Crippen LogP) is 2.06. The first-order chi connectivity index (χ1) is 12.1. The van der Waals surface area contributed by atoms with E-state index in [0.29, 0.717) is 4.88 Å². The fourth-order valence-corrected chi connectivity index (χ4v) is 2.87. The van der Waals surface area contributed by atoms with Gasteiger partial charge in [-0.2, -0.15) is 0 Å². The summed E-state index contributed by atoms with van der Waals surface area (Å²) < 4.78 is 5.09. The maximum absolute atomic E-state index is 11.7. The van der Waals surface area contributed by atoms with Gasteiger partial charge in [0.2, 0.25) is 5.91 Å². The number of esters is 1. The zero-order valence-electron chi connectivity index (χ0n) is 13.6. The van der Waals surface area contributed by atoms with Crippen LogP contribution in [0.1, 0.15) is 15.2 Å². The number of hydrogen-bond donors (Lipinski definition) is 2. The van der Waals surface area contributed by atoms with E-state index in [9.17, 15) is 14.4 Å². The molecule has 0 radical (unpaired) electrons. The summed E-state index contributed by atoms with van der Waals surface area (Å²) in [7, 11) is 0. The Hall–Kier alpha value is -2.32. The maximum atomic E-state index is 11.7. The van der Waals surface area contributed by atoms with Crippen LogP contribution in [0.5, 0.6) is 0 Å². The van der Waals surface area contributed by atoms with E-state index in [1.165, 1.54) is 11.3 Å². The molecular formula is C17H18N2O4S2. The van der Waals surface area contributed by atoms with Gasteiger partial charge in [-0.1, -0.05) is 18.2 Å². The van der Waals surface area contributed by atoms with Crippen LogP contribution in [0.2, 0.25) is 0 Å². The van der Waals surface area contributed by atoms with Crippen LogP contribution in [0.25, 0.3) is 0 Å². The van der Waals surface area contributed by atoms with Crippen LogP contribution in [0.15, 0.2) is 46.7 Å². The van der Waals surface area contributed by atoms with E-state index in [2.05, 4.69) is 10.6 Å². The zero-order chi connectivity index (χ0) is 18.1. The van der Waals surface area contributed by atoms with Gasteiger partial charge in [0.25, 0.3) is 5.91 Å². The van der Waals surface area contributed by atoms with Crippen LogP contribution >= 0.6 is 23.1 Å². The summed E-state index contributed by atoms with van der Waals surface area (Å²) in [6.07, 6.45) is 1.99. The van der Waals surface area contributed by atoms with E-state index in [-0.39, 0.29) is 25.6 Å². The highest BCUT2D eigenvalue weighted by Gasteiger charge is 2.10. The Bertz CT molecular complexity index is 715. The van der Waals surface area contributed by atoms with Gasteiger partial charge in [0, 0.05) is 4.90 Å². The van der Waals surface area contributed by atoms with Crippen molar-refractivity contribution in [1.29, 1.82) is 0 Å². The van der Waals surface area contributed by atoms with Gasteiger partial charge in [-0.05, 0) is 35.4 Å². The number of thioether (sulfide) groups is 1. The van der Waals surface area contributed by atoms with Gasteiger partial charge in [-0.3, -0.25) is 14.4 Å². The van der Waals surface area contributed by atoms with Crippen molar-refractivity contribution >= 4 is 40.9 Å². The van der Waals surface area contributed by atoms with Gasteiger partial charge in [0.05, 0.1) is 11.4 Å². The molecule has 1 heterocycles. The lowest BCUT2D eigenvalue weighted by molar-refractivity contribution is -0.145. The summed E-state index contributed by atoms with van der Waals surface area (Å²) in [6, 6.07) is 11.1. The monoisotopic (exact) mass is 378 g/mol. The van der Waals surface area contributed by atoms with Crippen molar-refractivity contribution in [2.75, 3.05) is 19.3 Å². The first kappa shape index (κ1) is 19.0. The average Bonchev–Trinajstić information content (AvgIpc) is 3.18. The minimum Gasteiger partial charge on any atom is -0.460 e. The highest BCUT2D eigenvalue weighted by Crippen LogP contribution is 2.15. The van der Waals surface area contributed by atoms with Crippen LogP contribution in [0, 0.1) is 0 Å². The van der Waals surface area contributed by atoms with Crippen molar-refractivity contribution in [3.8, 4) is 0 Å². The molecule has 0 saturated heterocycles. The quantitative estimate of drug-likeness (QED) is 0.543. The second-order valence-corrected chi connectivity index (χ2v) is 6.77. The van der Waals surface area contributed by atoms with Gasteiger partial charge in [-0.25, -0.2) is 0 Å². The number of carbonyl (C=O) groups excluding carboxylic acids is 3. The zero-order valence-corrected chi connectivity index (χ0v) is 15.2. The van der Waals surface area contributed by atoms with Gasteiger partial charge >= 0.3 is 5.97 Å². The van der Waals surface area contributed by atoms with Crippen LogP contribution in [-0.4, -0.2) is 37.1 Å². The summed E-state index contributed by atoms with van der Waals surface area (Å²) in [4.78, 5) is 36.6. The predicted molar refractivity (Wildman–Crippen MR) is 97.7 cm³/mol. The SMILES string of the molecule is CSc1ccc(COC(=O)CNC(=O)CNC(=O)c2cccs2)cc1. The van der Waals surface area contributed by atoms with Gasteiger partial charge in [0.15, 0.2) is 0 Å². The molecule has 2 aromatic rings. The summed E-state index contributed by atoms with van der Waals surface area (Å²) in [5.41, 5.74) is 0.876. The molecular weight excluding hydrogens is 360 g/mol. The Morgan fingerprint density at radius 1 is 1.08 bits per heavy atom. The lowest BCUT2D eigenvalue weighted by Crippen LogP contribution is -2.39. The Labute approximate surface area is 154 Å². The van der Waals surface area contributed by atoms with Crippen molar-refractivity contribution in [2.24, 2.45) is 0 Å². The fourth-order valence-electron chi connectivity index (χ4n) is 1.83. The van der Waals surface area contributed by atoms with Crippen LogP contribution in [0.3, 0.4) is 0 Å². The Balaban J connectivity index is 1.63. The Morgan fingerprint density at radius 2 is 1.84 bits per heavy atom. The minimum atomic E-state index is -0.535. The van der Waals surface area contributed by atoms with Crippen LogP contribution in [0.4, 0.5) is 0 Å². The highest BCUT2D eigenvalue weighted by atomic mass is 32.2. The van der Waals surface area contributed by atoms with Crippen molar-refractivity contribution < 1.29 is 19.1 Å². The number of thiophene rings is 1. The topological polar surface area (TPSA) is 84.5 Å². The summed E-state index contributed by atoms with van der Waals surface area (Å²) in [5, 5.41) is 6.67. The van der Waals surface area contributed by atoms with Crippen LogP contribution < -0.4 is 10.6 Å². The molecule has 0 aliphatic heterocycles. The van der Waals surface area contributed by atoms with Gasteiger partial charge < -0.3 is 15.4 Å². The third kappa shape index (κ3) is 6.60. The number of hydrogen-bond acceptors (Lipinski definition) is 6. The fraction of sp³-hybridized carbons (Fsp3) is 0.235. The number of ether oxygens (including phenoxy) is 1. The second kappa shape index (κ2) is 9.85. The highest BCUT2D eigenvalue weighted by molar-refractivity contribution is 7.98. The molecule has 0 spiro atoms. The number of benzene rings is 1. The van der Waals surface area contributed by atoms with Crippen LogP contribution in [-0.2, 0) is 20.9 Å². The smallest absolute Gasteiger partial charge is 0.325 e. The molecule has 2 amide bonds. The molecule has 0 aliphatic carbocycles. The van der Waals surface area contributed by atoms with E-state index in [4.69, 9.17) is 4.74 Å². The third-order valence-electron chi connectivity index (χ3n) is 3.14. The van der Waals surface area contributed by atoms with E-state index >= 15 is 0 Å². The average molecular weight is 378 g/mol. The molecule has 0 saturated carbocycles. The summed E-state index contributed by atoms with van der Waals surface area (Å²) in [5.74, 6) is -1.31. The molecule has 8 heteroatoms.